The molecule has 2 heterocycles. The summed E-state index contributed by atoms with van der Waals surface area (Å²) in [5.74, 6) is 1.02. The Hall–Kier alpha value is -1.62. The summed E-state index contributed by atoms with van der Waals surface area (Å²) in [7, 11) is 0. The average Bonchev–Trinajstić information content (AvgIpc) is 2.41. The number of carbonyl (C=O) groups is 1. The Morgan fingerprint density at radius 3 is 2.85 bits per heavy atom. The first-order chi connectivity index (χ1) is 9.67. The first-order valence-electron chi connectivity index (χ1n) is 7.35. The number of piperidine rings is 1. The molecule has 0 spiro atoms. The fraction of sp³-hybridized carbons (Fsp3) is 0.600. The SMILES string of the molecule is CCNc1cc(CN2CCC(NC(C)=O)CC2)ccn1. The zero-order valence-corrected chi connectivity index (χ0v) is 12.4. The van der Waals surface area contributed by atoms with Gasteiger partial charge in [0, 0.05) is 45.3 Å². The summed E-state index contributed by atoms with van der Waals surface area (Å²) in [6, 6.07) is 4.53. The number of hydrogen-bond acceptors (Lipinski definition) is 4. The van der Waals surface area contributed by atoms with Crippen LogP contribution in [-0.4, -0.2) is 41.5 Å². The molecule has 0 aromatic carbocycles. The van der Waals surface area contributed by atoms with Gasteiger partial charge in [-0.1, -0.05) is 0 Å². The largest absolute Gasteiger partial charge is 0.370 e. The summed E-state index contributed by atoms with van der Waals surface area (Å²) in [6.07, 6.45) is 3.92. The molecule has 0 bridgehead atoms. The number of rotatable bonds is 5. The number of amides is 1. The molecule has 0 aliphatic carbocycles. The first-order valence-corrected chi connectivity index (χ1v) is 7.35. The van der Waals surface area contributed by atoms with E-state index in [4.69, 9.17) is 0 Å². The van der Waals surface area contributed by atoms with Crippen LogP contribution in [0.4, 0.5) is 5.82 Å². The van der Waals surface area contributed by atoms with Crippen LogP contribution >= 0.6 is 0 Å². The molecule has 5 heteroatoms. The van der Waals surface area contributed by atoms with Crippen LogP contribution in [0.25, 0.3) is 0 Å². The van der Waals surface area contributed by atoms with Crippen LogP contribution in [-0.2, 0) is 11.3 Å². The third-order valence-electron chi connectivity index (χ3n) is 3.58. The van der Waals surface area contributed by atoms with E-state index in [0.29, 0.717) is 6.04 Å². The molecule has 0 saturated carbocycles. The third-order valence-corrected chi connectivity index (χ3v) is 3.58. The summed E-state index contributed by atoms with van der Waals surface area (Å²) in [4.78, 5) is 17.8. The van der Waals surface area contributed by atoms with Crippen LogP contribution in [0.1, 0.15) is 32.3 Å². The minimum atomic E-state index is 0.0767. The Labute approximate surface area is 120 Å². The zero-order valence-electron chi connectivity index (χ0n) is 12.4. The van der Waals surface area contributed by atoms with E-state index in [9.17, 15) is 4.79 Å². The van der Waals surface area contributed by atoms with E-state index in [1.807, 2.05) is 6.20 Å². The van der Waals surface area contributed by atoms with Crippen LogP contribution < -0.4 is 10.6 Å². The molecular weight excluding hydrogens is 252 g/mol. The Morgan fingerprint density at radius 2 is 2.20 bits per heavy atom. The van der Waals surface area contributed by atoms with Crippen molar-refractivity contribution in [3.05, 3.63) is 23.9 Å². The van der Waals surface area contributed by atoms with Crippen LogP contribution in [0.15, 0.2) is 18.3 Å². The zero-order chi connectivity index (χ0) is 14.4. The van der Waals surface area contributed by atoms with Crippen LogP contribution in [0.5, 0.6) is 0 Å². The number of aromatic nitrogens is 1. The molecule has 2 rings (SSSR count). The molecule has 0 atom stereocenters. The van der Waals surface area contributed by atoms with Gasteiger partial charge in [-0.3, -0.25) is 9.69 Å². The van der Waals surface area contributed by atoms with Crippen LogP contribution in [0, 0.1) is 0 Å². The number of likely N-dealkylation sites (tertiary alicyclic amines) is 1. The van der Waals surface area contributed by atoms with E-state index < -0.39 is 0 Å². The normalized spacial score (nSPS) is 16.9. The number of nitrogens with one attached hydrogen (secondary N) is 2. The van der Waals surface area contributed by atoms with Gasteiger partial charge in [-0.15, -0.1) is 0 Å². The van der Waals surface area contributed by atoms with E-state index in [-0.39, 0.29) is 5.91 Å². The second-order valence-corrected chi connectivity index (χ2v) is 5.33. The van der Waals surface area contributed by atoms with Crippen LogP contribution in [0.3, 0.4) is 0 Å². The van der Waals surface area contributed by atoms with Crippen molar-refractivity contribution in [3.63, 3.8) is 0 Å². The van der Waals surface area contributed by atoms with Gasteiger partial charge in [0.2, 0.25) is 5.91 Å². The number of nitrogens with zero attached hydrogens (tertiary/aromatic N) is 2. The van der Waals surface area contributed by atoms with Crippen LogP contribution in [0.2, 0.25) is 0 Å². The van der Waals surface area contributed by atoms with Crippen molar-refractivity contribution >= 4 is 11.7 Å². The molecule has 5 nitrogen and oxygen atoms in total. The second-order valence-electron chi connectivity index (χ2n) is 5.33. The number of anilines is 1. The highest BCUT2D eigenvalue weighted by Gasteiger charge is 2.19. The molecule has 1 saturated heterocycles. The molecule has 20 heavy (non-hydrogen) atoms. The highest BCUT2D eigenvalue weighted by atomic mass is 16.1. The Morgan fingerprint density at radius 1 is 1.45 bits per heavy atom. The summed E-state index contributed by atoms with van der Waals surface area (Å²) in [6.45, 7) is 7.56. The lowest BCUT2D eigenvalue weighted by molar-refractivity contribution is -0.119. The van der Waals surface area contributed by atoms with Gasteiger partial charge in [-0.05, 0) is 37.5 Å². The maximum Gasteiger partial charge on any atom is 0.217 e. The van der Waals surface area contributed by atoms with E-state index in [1.54, 1.807) is 6.92 Å². The van der Waals surface area contributed by atoms with Crippen molar-refractivity contribution < 1.29 is 4.79 Å². The predicted octanol–water partition coefficient (Wildman–Crippen LogP) is 1.61. The van der Waals surface area contributed by atoms with Crippen molar-refractivity contribution in [2.45, 2.75) is 39.3 Å². The maximum absolute atomic E-state index is 11.0. The monoisotopic (exact) mass is 276 g/mol. The average molecular weight is 276 g/mol. The molecule has 1 amide bonds. The lowest BCUT2D eigenvalue weighted by atomic mass is 10.0. The highest BCUT2D eigenvalue weighted by Crippen LogP contribution is 2.15. The molecule has 0 unspecified atom stereocenters. The fourth-order valence-electron chi connectivity index (χ4n) is 2.63. The third kappa shape index (κ3) is 4.49. The Balaban J connectivity index is 1.83. The van der Waals surface area contributed by atoms with E-state index >= 15 is 0 Å². The van der Waals surface area contributed by atoms with Crippen molar-refractivity contribution in [1.29, 1.82) is 0 Å². The minimum Gasteiger partial charge on any atom is -0.370 e. The number of hydrogen-bond donors (Lipinski definition) is 2. The second kappa shape index (κ2) is 7.24. The molecule has 2 N–H and O–H groups in total. The summed E-state index contributed by atoms with van der Waals surface area (Å²) in [5.41, 5.74) is 1.29. The highest BCUT2D eigenvalue weighted by molar-refractivity contribution is 5.73. The van der Waals surface area contributed by atoms with Gasteiger partial charge in [0.25, 0.3) is 0 Å². The van der Waals surface area contributed by atoms with E-state index in [2.05, 4.69) is 39.6 Å². The van der Waals surface area contributed by atoms with Gasteiger partial charge >= 0.3 is 0 Å². The van der Waals surface area contributed by atoms with Gasteiger partial charge < -0.3 is 10.6 Å². The van der Waals surface area contributed by atoms with Crippen molar-refractivity contribution in [2.75, 3.05) is 25.0 Å². The molecule has 1 aromatic heterocycles. The summed E-state index contributed by atoms with van der Waals surface area (Å²) in [5, 5.41) is 6.24. The van der Waals surface area contributed by atoms with Crippen molar-refractivity contribution in [2.24, 2.45) is 0 Å². The minimum absolute atomic E-state index is 0.0767. The first kappa shape index (κ1) is 14.8. The van der Waals surface area contributed by atoms with Gasteiger partial charge in [0.1, 0.15) is 5.82 Å². The standard InChI is InChI=1S/C15H24N4O/c1-3-16-15-10-13(4-7-17-15)11-19-8-5-14(6-9-19)18-12(2)20/h4,7,10,14H,3,5-6,8-9,11H2,1-2H3,(H,16,17)(H,18,20). The van der Waals surface area contributed by atoms with Gasteiger partial charge in [0.15, 0.2) is 0 Å². The van der Waals surface area contributed by atoms with Gasteiger partial charge in [-0.25, -0.2) is 4.98 Å². The lowest BCUT2D eigenvalue weighted by Crippen LogP contribution is -2.43. The number of carbonyl (C=O) groups excluding carboxylic acids is 1. The molecule has 1 aliphatic rings. The summed E-state index contributed by atoms with van der Waals surface area (Å²) < 4.78 is 0. The quantitative estimate of drug-likeness (QED) is 0.858. The molecule has 0 radical (unpaired) electrons. The van der Waals surface area contributed by atoms with E-state index in [0.717, 1.165) is 44.8 Å². The predicted molar refractivity (Wildman–Crippen MR) is 80.5 cm³/mol. The fourth-order valence-corrected chi connectivity index (χ4v) is 2.63. The maximum atomic E-state index is 11.0. The molecule has 1 aliphatic heterocycles. The smallest absolute Gasteiger partial charge is 0.217 e. The number of pyridine rings is 1. The van der Waals surface area contributed by atoms with E-state index in [1.165, 1.54) is 5.56 Å². The van der Waals surface area contributed by atoms with Crippen molar-refractivity contribution in [3.8, 4) is 0 Å². The van der Waals surface area contributed by atoms with Crippen molar-refractivity contribution in [1.82, 2.24) is 15.2 Å². The van der Waals surface area contributed by atoms with Gasteiger partial charge in [0.05, 0.1) is 0 Å². The lowest BCUT2D eigenvalue weighted by Gasteiger charge is -2.32. The Kier molecular flexibility index (Phi) is 5.35. The molecule has 1 fully saturated rings. The summed E-state index contributed by atoms with van der Waals surface area (Å²) >= 11 is 0. The Bertz CT molecular complexity index is 441. The topological polar surface area (TPSA) is 57.3 Å². The van der Waals surface area contributed by atoms with Gasteiger partial charge in [-0.2, -0.15) is 0 Å². The molecule has 1 aromatic rings. The molecular formula is C15H24N4O. The molecule has 110 valence electrons.